The molecule has 2 aliphatic heterocycles. The number of nitrogens with one attached hydrogen (secondary N) is 1. The Morgan fingerprint density at radius 1 is 1.03 bits per heavy atom. The molecular weight excluding hydrogens is 456 g/mol. The summed E-state index contributed by atoms with van der Waals surface area (Å²) in [6.45, 7) is 5.02. The van der Waals surface area contributed by atoms with E-state index in [1.54, 1.807) is 16.5 Å². The first kappa shape index (κ1) is 23.5. The van der Waals surface area contributed by atoms with E-state index in [1.807, 2.05) is 54.6 Å². The number of primary amides is 1. The molecule has 184 valence electrons. The van der Waals surface area contributed by atoms with Gasteiger partial charge in [-0.25, -0.2) is 4.68 Å². The Morgan fingerprint density at radius 3 is 2.39 bits per heavy atom. The van der Waals surface area contributed by atoms with E-state index in [0.717, 1.165) is 17.9 Å². The van der Waals surface area contributed by atoms with Crippen molar-refractivity contribution in [2.45, 2.75) is 19.4 Å². The molecule has 0 unspecified atom stereocenters. The van der Waals surface area contributed by atoms with Crippen molar-refractivity contribution in [3.8, 4) is 29.0 Å². The number of rotatable bonds is 5. The number of piperazine rings is 1. The second-order valence-electron chi connectivity index (χ2n) is 8.73. The summed E-state index contributed by atoms with van der Waals surface area (Å²) in [7, 11) is 0. The normalized spacial score (nSPS) is 17.4. The summed E-state index contributed by atoms with van der Waals surface area (Å²) in [4.78, 5) is 28.8. The van der Waals surface area contributed by atoms with Crippen LogP contribution in [0.2, 0.25) is 0 Å². The zero-order valence-electron chi connectivity index (χ0n) is 20.1. The van der Waals surface area contributed by atoms with Crippen molar-refractivity contribution in [2.75, 3.05) is 38.0 Å². The number of benzene rings is 2. The molecule has 9 nitrogen and oxygen atoms in total. The molecule has 0 radical (unpaired) electrons. The third kappa shape index (κ3) is 4.63. The van der Waals surface area contributed by atoms with E-state index in [1.165, 1.54) is 0 Å². The number of amides is 2. The minimum atomic E-state index is -0.546. The van der Waals surface area contributed by atoms with Gasteiger partial charge in [-0.2, -0.15) is 5.10 Å². The number of fused-ring (bicyclic) bond motifs is 1. The number of aromatic nitrogens is 2. The number of nitrogens with zero attached hydrogens (tertiary/aromatic N) is 4. The number of para-hydroxylation sites is 1. The van der Waals surface area contributed by atoms with Crippen molar-refractivity contribution < 1.29 is 14.3 Å². The molecule has 2 amide bonds. The van der Waals surface area contributed by atoms with E-state index in [2.05, 4.69) is 22.1 Å². The van der Waals surface area contributed by atoms with Crippen molar-refractivity contribution in [1.82, 2.24) is 19.6 Å². The molecule has 0 spiro atoms. The maximum absolute atomic E-state index is 12.5. The smallest absolute Gasteiger partial charge is 0.298 e. The number of hydrogen-bond acceptors (Lipinski definition) is 6. The van der Waals surface area contributed by atoms with Gasteiger partial charge in [0.15, 0.2) is 5.69 Å². The summed E-state index contributed by atoms with van der Waals surface area (Å²) >= 11 is 0. The average molecular weight is 485 g/mol. The minimum Gasteiger partial charge on any atom is -0.457 e. The maximum Gasteiger partial charge on any atom is 0.298 e. The van der Waals surface area contributed by atoms with Crippen LogP contribution in [0.1, 0.15) is 35.6 Å². The molecule has 0 aliphatic carbocycles. The molecule has 5 rings (SSSR count). The predicted molar refractivity (Wildman–Crippen MR) is 136 cm³/mol. The molecule has 9 heteroatoms. The van der Waals surface area contributed by atoms with Gasteiger partial charge in [0.2, 0.25) is 0 Å². The third-order valence-corrected chi connectivity index (χ3v) is 6.52. The number of hydrogen-bond donors (Lipinski definition) is 2. The van der Waals surface area contributed by atoms with Gasteiger partial charge < -0.3 is 20.7 Å². The van der Waals surface area contributed by atoms with Crippen LogP contribution in [-0.4, -0.2) is 64.1 Å². The first-order valence-corrected chi connectivity index (χ1v) is 12.0. The van der Waals surface area contributed by atoms with Gasteiger partial charge in [0.1, 0.15) is 17.2 Å². The van der Waals surface area contributed by atoms with Crippen LogP contribution in [0.25, 0.3) is 5.69 Å². The highest BCUT2D eigenvalue weighted by molar-refractivity contribution is 5.98. The van der Waals surface area contributed by atoms with E-state index in [9.17, 15) is 9.59 Å². The van der Waals surface area contributed by atoms with Gasteiger partial charge in [-0.3, -0.25) is 14.5 Å². The first-order chi connectivity index (χ1) is 17.5. The molecular formula is C27H28N6O3. The third-order valence-electron chi connectivity index (χ3n) is 6.52. The minimum absolute atomic E-state index is 0.0239. The lowest BCUT2D eigenvalue weighted by Crippen LogP contribution is -2.50. The molecule has 2 aliphatic rings. The Morgan fingerprint density at radius 2 is 1.72 bits per heavy atom. The van der Waals surface area contributed by atoms with Crippen molar-refractivity contribution in [2.24, 2.45) is 5.73 Å². The van der Waals surface area contributed by atoms with E-state index in [4.69, 9.17) is 15.6 Å². The summed E-state index contributed by atoms with van der Waals surface area (Å²) in [6.07, 6.45) is 0.842. The Balaban J connectivity index is 1.40. The van der Waals surface area contributed by atoms with Gasteiger partial charge in [-0.1, -0.05) is 24.1 Å². The first-order valence-electron chi connectivity index (χ1n) is 12.0. The molecule has 1 fully saturated rings. The van der Waals surface area contributed by atoms with Gasteiger partial charge in [0.25, 0.3) is 11.8 Å². The zero-order valence-corrected chi connectivity index (χ0v) is 20.1. The maximum atomic E-state index is 12.5. The van der Waals surface area contributed by atoms with Crippen LogP contribution in [0.15, 0.2) is 54.6 Å². The summed E-state index contributed by atoms with van der Waals surface area (Å²) in [5.41, 5.74) is 8.35. The molecule has 36 heavy (non-hydrogen) atoms. The van der Waals surface area contributed by atoms with Crippen molar-refractivity contribution in [1.29, 1.82) is 0 Å². The van der Waals surface area contributed by atoms with Crippen LogP contribution in [0.4, 0.5) is 5.69 Å². The number of carbonyl (C=O) groups is 2. The van der Waals surface area contributed by atoms with Crippen LogP contribution in [0, 0.1) is 11.8 Å². The molecule has 2 aromatic carbocycles. The molecule has 3 aromatic rings. The van der Waals surface area contributed by atoms with Crippen molar-refractivity contribution in [3.63, 3.8) is 0 Å². The van der Waals surface area contributed by atoms with E-state index < -0.39 is 5.91 Å². The fourth-order valence-electron chi connectivity index (χ4n) is 4.79. The quantitative estimate of drug-likeness (QED) is 0.540. The van der Waals surface area contributed by atoms with Crippen LogP contribution < -0.4 is 15.8 Å². The number of carbonyl (C=O) groups excluding carboxylic acids is 2. The van der Waals surface area contributed by atoms with E-state index >= 15 is 0 Å². The standard InChI is InChI=1S/C27H28N6O3/c1-2-6-23(34)32-17-15-31(16-18-32)22-13-14-29-25-24(22)30-33(26(25)27(28)35)19-9-11-21(12-10-19)36-20-7-4-3-5-8-20/h3-5,7-12,22,29H,13-18H2,1H3,(H2,28,35)/t22-/m1/s1. The second-order valence-corrected chi connectivity index (χ2v) is 8.73. The molecule has 1 saturated heterocycles. The Labute approximate surface area is 209 Å². The monoisotopic (exact) mass is 484 g/mol. The molecule has 3 N–H and O–H groups in total. The largest absolute Gasteiger partial charge is 0.457 e. The average Bonchev–Trinajstić information content (AvgIpc) is 3.30. The highest BCUT2D eigenvalue weighted by atomic mass is 16.5. The lowest BCUT2D eigenvalue weighted by Gasteiger charge is -2.39. The molecule has 0 bridgehead atoms. The van der Waals surface area contributed by atoms with Gasteiger partial charge in [-0.15, -0.1) is 0 Å². The number of ether oxygens (including phenoxy) is 1. The molecule has 1 atom stereocenters. The van der Waals surface area contributed by atoms with Gasteiger partial charge in [0.05, 0.1) is 17.4 Å². The van der Waals surface area contributed by atoms with Gasteiger partial charge >= 0.3 is 0 Å². The SMILES string of the molecule is CC#CC(=O)N1CCN([C@@H]2CCNc3c2nn(-c2ccc(Oc4ccccc4)cc2)c3C(N)=O)CC1. The Bertz CT molecular complexity index is 1320. The van der Waals surface area contributed by atoms with Crippen LogP contribution in [0.3, 0.4) is 0 Å². The Hall–Kier alpha value is -4.29. The number of nitrogens with two attached hydrogens (primary N) is 1. The topological polar surface area (TPSA) is 106 Å². The summed E-state index contributed by atoms with van der Waals surface area (Å²) in [5, 5.41) is 8.21. The Kier molecular flexibility index (Phi) is 6.60. The fraction of sp³-hybridized carbons (Fsp3) is 0.296. The second kappa shape index (κ2) is 10.1. The predicted octanol–water partition coefficient (Wildman–Crippen LogP) is 2.79. The summed E-state index contributed by atoms with van der Waals surface area (Å²) < 4.78 is 7.50. The van der Waals surface area contributed by atoms with Crippen LogP contribution >= 0.6 is 0 Å². The summed E-state index contributed by atoms with van der Waals surface area (Å²) in [5.74, 6) is 6.03. The van der Waals surface area contributed by atoms with Gasteiger partial charge in [-0.05, 0) is 55.7 Å². The molecule has 3 heterocycles. The highest BCUT2D eigenvalue weighted by Crippen LogP contribution is 2.37. The van der Waals surface area contributed by atoms with Crippen LogP contribution in [-0.2, 0) is 4.79 Å². The van der Waals surface area contributed by atoms with E-state index in [0.29, 0.717) is 55.5 Å². The van der Waals surface area contributed by atoms with Crippen LogP contribution in [0.5, 0.6) is 11.5 Å². The fourth-order valence-corrected chi connectivity index (χ4v) is 4.79. The summed E-state index contributed by atoms with van der Waals surface area (Å²) in [6, 6.07) is 17.0. The van der Waals surface area contributed by atoms with Gasteiger partial charge in [0, 0.05) is 32.7 Å². The van der Waals surface area contributed by atoms with E-state index in [-0.39, 0.29) is 11.9 Å². The van der Waals surface area contributed by atoms with Crippen molar-refractivity contribution in [3.05, 3.63) is 66.0 Å². The molecule has 0 saturated carbocycles. The lowest BCUT2D eigenvalue weighted by molar-refractivity contribution is -0.127. The molecule has 1 aromatic heterocycles. The van der Waals surface area contributed by atoms with Crippen molar-refractivity contribution >= 4 is 17.5 Å². The number of anilines is 1. The zero-order chi connectivity index (χ0) is 25.1. The highest BCUT2D eigenvalue weighted by Gasteiger charge is 2.35. The lowest BCUT2D eigenvalue weighted by atomic mass is 10.0.